The molecule has 0 bridgehead atoms. The summed E-state index contributed by atoms with van der Waals surface area (Å²) in [4.78, 5) is 0. The van der Waals surface area contributed by atoms with Gasteiger partial charge in [-0.3, -0.25) is 0 Å². The van der Waals surface area contributed by atoms with Crippen molar-refractivity contribution in [3.05, 3.63) is 187 Å². The van der Waals surface area contributed by atoms with Gasteiger partial charge in [0.15, 0.2) is 0 Å². The van der Waals surface area contributed by atoms with Gasteiger partial charge in [0, 0.05) is 49.3 Å². The zero-order valence-corrected chi connectivity index (χ0v) is 29.5. The number of aromatic nitrogens is 3. The summed E-state index contributed by atoms with van der Waals surface area (Å²) in [5.74, 6) is 0. The van der Waals surface area contributed by atoms with Crippen molar-refractivity contribution < 1.29 is 0 Å². The molecule has 0 aliphatic rings. The monoisotopic (exact) mass is 699 g/mol. The zero-order chi connectivity index (χ0) is 36.6. The number of para-hydroxylation sites is 4. The molecule has 3 heterocycles. The topological polar surface area (TPSA) is 62.4 Å². The van der Waals surface area contributed by atoms with E-state index in [9.17, 15) is 10.5 Å². The Morgan fingerprint density at radius 2 is 0.818 bits per heavy atom. The Balaban J connectivity index is 1.05. The van der Waals surface area contributed by atoms with Gasteiger partial charge >= 0.3 is 0 Å². The molecule has 0 spiro atoms. The number of nitriles is 2. The second-order valence-electron chi connectivity index (χ2n) is 14.0. The lowest BCUT2D eigenvalue weighted by Gasteiger charge is -2.14. The number of benzene rings is 8. The largest absolute Gasteiger partial charge is 0.309 e. The van der Waals surface area contributed by atoms with Crippen molar-refractivity contribution in [2.75, 3.05) is 0 Å². The van der Waals surface area contributed by atoms with Crippen LogP contribution in [0.1, 0.15) is 11.1 Å². The molecule has 0 N–H and O–H groups in total. The van der Waals surface area contributed by atoms with Crippen molar-refractivity contribution in [2.24, 2.45) is 0 Å². The van der Waals surface area contributed by atoms with E-state index in [0.717, 1.165) is 77.4 Å². The summed E-state index contributed by atoms with van der Waals surface area (Å²) in [5, 5.41) is 27.2. The molecule has 11 rings (SSSR count). The normalized spacial score (nSPS) is 11.6. The van der Waals surface area contributed by atoms with Gasteiger partial charge in [-0.15, -0.1) is 0 Å². The third-order valence-corrected chi connectivity index (χ3v) is 11.1. The van der Waals surface area contributed by atoms with Crippen molar-refractivity contribution in [3.8, 4) is 40.3 Å². The Morgan fingerprint density at radius 3 is 1.40 bits per heavy atom. The number of hydrogen-bond acceptors (Lipinski definition) is 2. The van der Waals surface area contributed by atoms with Crippen LogP contribution in [0.15, 0.2) is 176 Å². The van der Waals surface area contributed by atoms with Gasteiger partial charge in [-0.2, -0.15) is 10.5 Å². The van der Waals surface area contributed by atoms with E-state index in [2.05, 4.69) is 171 Å². The fourth-order valence-corrected chi connectivity index (χ4v) is 8.76. The van der Waals surface area contributed by atoms with Gasteiger partial charge in [0.05, 0.1) is 56.0 Å². The van der Waals surface area contributed by atoms with Crippen LogP contribution in [0, 0.1) is 22.7 Å². The Morgan fingerprint density at radius 1 is 0.345 bits per heavy atom. The van der Waals surface area contributed by atoms with E-state index in [0.29, 0.717) is 11.1 Å². The minimum Gasteiger partial charge on any atom is -0.309 e. The van der Waals surface area contributed by atoms with Crippen LogP contribution < -0.4 is 0 Å². The Hall–Kier alpha value is -7.86. The van der Waals surface area contributed by atoms with Crippen molar-refractivity contribution in [2.45, 2.75) is 0 Å². The maximum absolute atomic E-state index is 10.7. The molecule has 0 atom stereocenters. The highest BCUT2D eigenvalue weighted by atomic mass is 15.0. The van der Waals surface area contributed by atoms with E-state index in [1.54, 1.807) is 0 Å². The molecular weight excluding hydrogens is 671 g/mol. The maximum atomic E-state index is 10.7. The molecular formula is C50H29N5. The highest BCUT2D eigenvalue weighted by molar-refractivity contribution is 6.13. The summed E-state index contributed by atoms with van der Waals surface area (Å²) in [6.07, 6.45) is 0. The second-order valence-corrected chi connectivity index (χ2v) is 14.0. The number of fused-ring (bicyclic) bond motifs is 9. The molecule has 0 amide bonds. The molecule has 11 aromatic rings. The second kappa shape index (κ2) is 11.8. The lowest BCUT2D eigenvalue weighted by molar-refractivity contribution is 1.16. The molecule has 0 saturated heterocycles. The van der Waals surface area contributed by atoms with Crippen LogP contribution in [0.3, 0.4) is 0 Å². The van der Waals surface area contributed by atoms with Crippen molar-refractivity contribution in [1.29, 1.82) is 10.5 Å². The first-order valence-corrected chi connectivity index (χ1v) is 18.3. The standard InChI is InChI=1S/C50H29N5/c51-30-32-20-26-49-41(28-32)39-12-3-6-16-45(39)54(49)35-25-27-50-42(29-35)40-13-4-5-15-44(40)53(50)34-23-21-33(22-24-34)36-14-9-19-48(43(36)31-52)55-46-17-7-1-10-37(46)38-11-2-8-18-47(38)55/h1-29H. The van der Waals surface area contributed by atoms with Crippen LogP contribution in [-0.4, -0.2) is 13.7 Å². The maximum Gasteiger partial charge on any atom is 0.102 e. The Bertz CT molecular complexity index is 3400. The van der Waals surface area contributed by atoms with Gasteiger partial charge in [-0.25, -0.2) is 0 Å². The molecule has 5 nitrogen and oxygen atoms in total. The summed E-state index contributed by atoms with van der Waals surface area (Å²) in [6.45, 7) is 0. The van der Waals surface area contributed by atoms with E-state index in [1.165, 1.54) is 16.2 Å². The molecule has 0 aliphatic carbocycles. The van der Waals surface area contributed by atoms with E-state index < -0.39 is 0 Å². The fourth-order valence-electron chi connectivity index (χ4n) is 8.76. The quantitative estimate of drug-likeness (QED) is 0.184. The lowest BCUT2D eigenvalue weighted by atomic mass is 9.98. The summed E-state index contributed by atoms with van der Waals surface area (Å²) >= 11 is 0. The Labute approximate surface area is 316 Å². The molecule has 0 fully saturated rings. The van der Waals surface area contributed by atoms with Crippen LogP contribution >= 0.6 is 0 Å². The molecule has 3 aromatic heterocycles. The summed E-state index contributed by atoms with van der Waals surface area (Å²) < 4.78 is 6.84. The first-order valence-electron chi connectivity index (χ1n) is 18.3. The molecule has 254 valence electrons. The van der Waals surface area contributed by atoms with Crippen LogP contribution in [0.2, 0.25) is 0 Å². The SMILES string of the molecule is N#Cc1ccc2c(c1)c1ccccc1n2-c1ccc2c(c1)c1ccccc1n2-c1ccc(-c2cccc(-n3c4ccccc4c4ccccc43)c2C#N)cc1. The minimum absolute atomic E-state index is 0.639. The number of hydrogen-bond donors (Lipinski definition) is 0. The van der Waals surface area contributed by atoms with E-state index in [4.69, 9.17) is 0 Å². The van der Waals surface area contributed by atoms with E-state index in [-0.39, 0.29) is 0 Å². The predicted octanol–water partition coefficient (Wildman–Crippen LogP) is 12.4. The van der Waals surface area contributed by atoms with Gasteiger partial charge in [0.25, 0.3) is 0 Å². The summed E-state index contributed by atoms with van der Waals surface area (Å²) in [7, 11) is 0. The van der Waals surface area contributed by atoms with Gasteiger partial charge < -0.3 is 13.7 Å². The summed E-state index contributed by atoms with van der Waals surface area (Å²) in [5.41, 5.74) is 12.7. The molecule has 0 aliphatic heterocycles. The average Bonchev–Trinajstić information content (AvgIpc) is 3.88. The molecule has 8 aromatic carbocycles. The lowest BCUT2D eigenvalue weighted by Crippen LogP contribution is -1.99. The highest BCUT2D eigenvalue weighted by Crippen LogP contribution is 2.39. The fraction of sp³-hybridized carbons (Fsp3) is 0. The predicted molar refractivity (Wildman–Crippen MR) is 224 cm³/mol. The average molecular weight is 700 g/mol. The minimum atomic E-state index is 0.639. The molecule has 0 saturated carbocycles. The summed E-state index contributed by atoms with van der Waals surface area (Å²) in [6, 6.07) is 65.9. The third kappa shape index (κ3) is 4.45. The van der Waals surface area contributed by atoms with Crippen molar-refractivity contribution >= 4 is 65.4 Å². The van der Waals surface area contributed by atoms with Crippen molar-refractivity contribution in [3.63, 3.8) is 0 Å². The van der Waals surface area contributed by atoms with E-state index in [1.807, 2.05) is 30.3 Å². The van der Waals surface area contributed by atoms with Crippen LogP contribution in [0.4, 0.5) is 0 Å². The van der Waals surface area contributed by atoms with Crippen LogP contribution in [-0.2, 0) is 0 Å². The third-order valence-electron chi connectivity index (χ3n) is 11.1. The van der Waals surface area contributed by atoms with Gasteiger partial charge in [0.1, 0.15) is 6.07 Å². The first-order chi connectivity index (χ1) is 27.2. The first kappa shape index (κ1) is 30.7. The molecule has 55 heavy (non-hydrogen) atoms. The number of nitrogens with zero attached hydrogens (tertiary/aromatic N) is 5. The van der Waals surface area contributed by atoms with Gasteiger partial charge in [-0.1, -0.05) is 97.1 Å². The van der Waals surface area contributed by atoms with Crippen molar-refractivity contribution in [1.82, 2.24) is 13.7 Å². The number of rotatable bonds is 4. The van der Waals surface area contributed by atoms with Gasteiger partial charge in [0.2, 0.25) is 0 Å². The highest BCUT2D eigenvalue weighted by Gasteiger charge is 2.19. The van der Waals surface area contributed by atoms with Crippen LogP contribution in [0.25, 0.3) is 93.6 Å². The molecule has 5 heteroatoms. The molecule has 0 radical (unpaired) electrons. The zero-order valence-electron chi connectivity index (χ0n) is 29.5. The molecule has 0 unspecified atom stereocenters. The Kier molecular flexibility index (Phi) is 6.61. The van der Waals surface area contributed by atoms with Gasteiger partial charge in [-0.05, 0) is 84.4 Å². The van der Waals surface area contributed by atoms with Crippen LogP contribution in [0.5, 0.6) is 0 Å². The van der Waals surface area contributed by atoms with E-state index >= 15 is 0 Å². The smallest absolute Gasteiger partial charge is 0.102 e.